The highest BCUT2D eigenvalue weighted by molar-refractivity contribution is 6.46. The van der Waals surface area contributed by atoms with Crippen molar-refractivity contribution in [2.24, 2.45) is 0 Å². The van der Waals surface area contributed by atoms with Gasteiger partial charge < -0.3 is 5.32 Å². The van der Waals surface area contributed by atoms with Crippen molar-refractivity contribution in [1.29, 1.82) is 0 Å². The van der Waals surface area contributed by atoms with E-state index in [-0.39, 0.29) is 5.91 Å². The van der Waals surface area contributed by atoms with Gasteiger partial charge in [0.15, 0.2) is 0 Å². The minimum atomic E-state index is -0.610. The van der Waals surface area contributed by atoms with Gasteiger partial charge in [-0.15, -0.1) is 0 Å². The largest absolute Gasteiger partial charge is 0.326 e. The second-order valence-electron chi connectivity index (χ2n) is 2.34. The normalized spacial score (nSPS) is 15.9. The smallest absolute Gasteiger partial charge is 0.227 e. The van der Waals surface area contributed by atoms with Gasteiger partial charge in [-0.2, -0.15) is 0 Å². The predicted octanol–water partition coefficient (Wildman–Crippen LogP) is -0.286. The molecule has 0 aromatic heterocycles. The lowest BCUT2D eigenvalue weighted by Crippen LogP contribution is -2.22. The standard InChI is InChI=1S/C8H7NO3/c1-5(10)9-6-2-3-7(11)8(12)4-6/h2-4H,1H3,(H,9,10). The SMILES string of the molecule is CC(=O)NC1=CC(=O)C(=O)C=C1. The Labute approximate surface area is 68.9 Å². The highest BCUT2D eigenvalue weighted by Crippen LogP contribution is 2.00. The van der Waals surface area contributed by atoms with E-state index in [9.17, 15) is 14.4 Å². The molecule has 12 heavy (non-hydrogen) atoms. The van der Waals surface area contributed by atoms with Gasteiger partial charge in [0.25, 0.3) is 0 Å². The number of rotatable bonds is 1. The molecular formula is C8H7NO3. The van der Waals surface area contributed by atoms with Crippen molar-refractivity contribution < 1.29 is 14.4 Å². The van der Waals surface area contributed by atoms with Crippen LogP contribution in [0.3, 0.4) is 0 Å². The molecule has 1 aliphatic carbocycles. The van der Waals surface area contributed by atoms with Crippen molar-refractivity contribution in [3.8, 4) is 0 Å². The van der Waals surface area contributed by atoms with E-state index in [2.05, 4.69) is 5.32 Å². The highest BCUT2D eigenvalue weighted by Gasteiger charge is 2.13. The lowest BCUT2D eigenvalue weighted by atomic mass is 10.1. The molecule has 4 nitrogen and oxygen atoms in total. The van der Waals surface area contributed by atoms with Gasteiger partial charge in [-0.05, 0) is 12.2 Å². The van der Waals surface area contributed by atoms with Crippen LogP contribution in [0, 0.1) is 0 Å². The number of nitrogens with one attached hydrogen (secondary N) is 1. The number of amides is 1. The Bertz CT molecular complexity index is 312. The zero-order valence-electron chi connectivity index (χ0n) is 6.46. The van der Waals surface area contributed by atoms with Crippen molar-refractivity contribution in [3.63, 3.8) is 0 Å². The fourth-order valence-corrected chi connectivity index (χ4v) is 0.789. The molecule has 0 aliphatic heterocycles. The molecule has 1 rings (SSSR count). The van der Waals surface area contributed by atoms with Gasteiger partial charge in [-0.3, -0.25) is 14.4 Å². The van der Waals surface area contributed by atoms with Crippen LogP contribution in [0.2, 0.25) is 0 Å². The molecule has 1 N–H and O–H groups in total. The van der Waals surface area contributed by atoms with Gasteiger partial charge in [-0.1, -0.05) is 0 Å². The summed E-state index contributed by atoms with van der Waals surface area (Å²) in [6.07, 6.45) is 3.63. The van der Waals surface area contributed by atoms with Crippen molar-refractivity contribution in [2.75, 3.05) is 0 Å². The molecule has 0 unspecified atom stereocenters. The van der Waals surface area contributed by atoms with Crippen molar-refractivity contribution in [2.45, 2.75) is 6.92 Å². The van der Waals surface area contributed by atoms with Crippen LogP contribution in [0.1, 0.15) is 6.92 Å². The van der Waals surface area contributed by atoms with E-state index in [4.69, 9.17) is 0 Å². The van der Waals surface area contributed by atoms with Crippen LogP contribution in [-0.4, -0.2) is 17.5 Å². The number of carbonyl (C=O) groups excluding carboxylic acids is 3. The van der Waals surface area contributed by atoms with E-state index in [0.717, 1.165) is 12.2 Å². The summed E-state index contributed by atoms with van der Waals surface area (Å²) in [5, 5.41) is 2.40. The Kier molecular flexibility index (Phi) is 2.19. The summed E-state index contributed by atoms with van der Waals surface area (Å²) in [7, 11) is 0. The molecule has 0 bridgehead atoms. The minimum Gasteiger partial charge on any atom is -0.326 e. The molecule has 0 atom stereocenters. The second kappa shape index (κ2) is 3.13. The first kappa shape index (κ1) is 8.39. The summed E-state index contributed by atoms with van der Waals surface area (Å²) in [5.41, 5.74) is 0.354. The van der Waals surface area contributed by atoms with E-state index in [1.807, 2.05) is 0 Å². The van der Waals surface area contributed by atoms with Crippen LogP contribution in [0.15, 0.2) is 23.9 Å². The summed E-state index contributed by atoms with van der Waals surface area (Å²) in [5.74, 6) is -1.45. The monoisotopic (exact) mass is 165 g/mol. The second-order valence-corrected chi connectivity index (χ2v) is 2.34. The first-order valence-corrected chi connectivity index (χ1v) is 3.35. The third-order valence-corrected chi connectivity index (χ3v) is 1.26. The molecular weight excluding hydrogens is 158 g/mol. The van der Waals surface area contributed by atoms with E-state index < -0.39 is 11.6 Å². The Balaban J connectivity index is 2.76. The van der Waals surface area contributed by atoms with Gasteiger partial charge in [-0.25, -0.2) is 0 Å². The van der Waals surface area contributed by atoms with Gasteiger partial charge in [0.2, 0.25) is 17.5 Å². The molecule has 0 aromatic rings. The van der Waals surface area contributed by atoms with Gasteiger partial charge in [0.05, 0.1) is 0 Å². The fraction of sp³-hybridized carbons (Fsp3) is 0.125. The van der Waals surface area contributed by atoms with Crippen LogP contribution < -0.4 is 5.32 Å². The van der Waals surface area contributed by atoms with Crippen molar-refractivity contribution >= 4 is 17.5 Å². The Morgan fingerprint density at radius 2 is 1.92 bits per heavy atom. The maximum atomic E-state index is 10.8. The molecule has 0 radical (unpaired) electrons. The lowest BCUT2D eigenvalue weighted by Gasteiger charge is -2.04. The molecule has 1 amide bonds. The molecule has 0 heterocycles. The average molecular weight is 165 g/mol. The fourth-order valence-electron chi connectivity index (χ4n) is 0.789. The predicted molar refractivity (Wildman–Crippen MR) is 41.1 cm³/mol. The molecule has 0 aromatic carbocycles. The first-order chi connectivity index (χ1) is 5.59. The Morgan fingerprint density at radius 3 is 2.42 bits per heavy atom. The van der Waals surface area contributed by atoms with Crippen LogP contribution in [0.4, 0.5) is 0 Å². The zero-order valence-corrected chi connectivity index (χ0v) is 6.46. The molecule has 0 saturated heterocycles. The van der Waals surface area contributed by atoms with Gasteiger partial charge >= 0.3 is 0 Å². The molecule has 0 spiro atoms. The maximum absolute atomic E-state index is 10.8. The third kappa shape index (κ3) is 1.88. The quantitative estimate of drug-likeness (QED) is 0.429. The highest BCUT2D eigenvalue weighted by atomic mass is 16.2. The summed E-state index contributed by atoms with van der Waals surface area (Å²) >= 11 is 0. The van der Waals surface area contributed by atoms with Gasteiger partial charge in [0.1, 0.15) is 0 Å². The third-order valence-electron chi connectivity index (χ3n) is 1.26. The van der Waals surface area contributed by atoms with Crippen molar-refractivity contribution in [3.05, 3.63) is 23.9 Å². The number of hydrogen-bond donors (Lipinski definition) is 1. The number of hydrogen-bond acceptors (Lipinski definition) is 3. The molecule has 4 heteroatoms. The van der Waals surface area contributed by atoms with Crippen molar-refractivity contribution in [1.82, 2.24) is 5.32 Å². The zero-order chi connectivity index (χ0) is 9.14. The van der Waals surface area contributed by atoms with E-state index in [1.165, 1.54) is 13.0 Å². The summed E-state index contributed by atoms with van der Waals surface area (Å²) in [4.78, 5) is 31.9. The van der Waals surface area contributed by atoms with Crippen LogP contribution >= 0.6 is 0 Å². The summed E-state index contributed by atoms with van der Waals surface area (Å²) in [6, 6.07) is 0. The Hall–Kier alpha value is -1.71. The molecule has 0 fully saturated rings. The van der Waals surface area contributed by atoms with E-state index >= 15 is 0 Å². The summed E-state index contributed by atoms with van der Waals surface area (Å²) in [6.45, 7) is 1.33. The van der Waals surface area contributed by atoms with E-state index in [0.29, 0.717) is 5.70 Å². The first-order valence-electron chi connectivity index (χ1n) is 3.35. The number of carbonyl (C=O) groups is 3. The molecule has 62 valence electrons. The molecule has 1 aliphatic rings. The van der Waals surface area contributed by atoms with E-state index in [1.54, 1.807) is 0 Å². The number of ketones is 2. The Morgan fingerprint density at radius 1 is 1.25 bits per heavy atom. The minimum absolute atomic E-state index is 0.270. The lowest BCUT2D eigenvalue weighted by molar-refractivity contribution is -0.131. The maximum Gasteiger partial charge on any atom is 0.227 e. The topological polar surface area (TPSA) is 63.2 Å². The van der Waals surface area contributed by atoms with Gasteiger partial charge in [0, 0.05) is 18.7 Å². The average Bonchev–Trinajstić information content (AvgIpc) is 1.96. The van der Waals surface area contributed by atoms with Crippen LogP contribution in [0.25, 0.3) is 0 Å². The summed E-state index contributed by atoms with van der Waals surface area (Å²) < 4.78 is 0. The molecule has 0 saturated carbocycles. The van der Waals surface area contributed by atoms with Crippen LogP contribution in [-0.2, 0) is 14.4 Å². The number of allylic oxidation sites excluding steroid dienone is 3. The van der Waals surface area contributed by atoms with Crippen LogP contribution in [0.5, 0.6) is 0 Å².